The van der Waals surface area contributed by atoms with Gasteiger partial charge in [0.15, 0.2) is 11.4 Å². The Morgan fingerprint density at radius 1 is 1.24 bits per heavy atom. The van der Waals surface area contributed by atoms with Crippen LogP contribution in [0.4, 0.5) is 14.5 Å². The van der Waals surface area contributed by atoms with Crippen molar-refractivity contribution in [2.45, 2.75) is 63.2 Å². The Labute approximate surface area is 218 Å². The molecule has 2 aliphatic heterocycles. The number of piperidine rings is 1. The number of rotatable bonds is 9. The third-order valence-electron chi connectivity index (χ3n) is 7.15. The number of hydrogen-bond acceptors (Lipinski definition) is 6. The normalized spacial score (nSPS) is 21.9. The predicted octanol–water partition coefficient (Wildman–Crippen LogP) is 4.32. The topological polar surface area (TPSA) is 106 Å². The summed E-state index contributed by atoms with van der Waals surface area (Å²) in [4.78, 5) is 27.9. The number of amides is 1. The summed E-state index contributed by atoms with van der Waals surface area (Å²) in [5, 5.41) is 17.3. The molecule has 202 valence electrons. The zero-order valence-electron chi connectivity index (χ0n) is 20.8. The summed E-state index contributed by atoms with van der Waals surface area (Å²) < 4.78 is 38.0. The van der Waals surface area contributed by atoms with Gasteiger partial charge >= 0.3 is 12.6 Å². The molecule has 1 unspecified atom stereocenters. The van der Waals surface area contributed by atoms with Gasteiger partial charge in [-0.3, -0.25) is 14.4 Å². The highest BCUT2D eigenvalue weighted by molar-refractivity contribution is 6.30. The second-order valence-corrected chi connectivity index (χ2v) is 10.3. The monoisotopic (exact) mass is 540 g/mol. The number of carbonyl (C=O) groups is 2. The molecule has 0 bridgehead atoms. The van der Waals surface area contributed by atoms with E-state index in [1.165, 1.54) is 18.2 Å². The molecule has 1 amide bonds. The van der Waals surface area contributed by atoms with Crippen molar-refractivity contribution in [1.29, 1.82) is 0 Å². The minimum absolute atomic E-state index is 0.0685. The van der Waals surface area contributed by atoms with Crippen LogP contribution in [0.1, 0.15) is 51.1 Å². The number of hydrogen-bond donors (Lipinski definition) is 2. The van der Waals surface area contributed by atoms with E-state index < -0.39 is 29.6 Å². The number of halogens is 3. The summed E-state index contributed by atoms with van der Waals surface area (Å²) in [6.07, 6.45) is 3.41. The van der Waals surface area contributed by atoms with E-state index in [1.807, 2.05) is 24.8 Å². The second kappa shape index (κ2) is 10.9. The standard InChI is InChI=1S/C25H31ClF2N4O5/c1-16(2)19-6-10-29-32(19)24(21(33)30-18-5-4-17(26)14-20(18)37-23(27)28)8-11-31(12-9-24)15-25(22(34)35)7-3-13-36-25/h4-6,10,14,16,23H,3,7-9,11-13,15H2,1-2H3,(H,30,33)(H,34,35). The van der Waals surface area contributed by atoms with Crippen LogP contribution >= 0.6 is 11.6 Å². The Hall–Kier alpha value is -2.76. The number of anilines is 1. The lowest BCUT2D eigenvalue weighted by atomic mass is 9.84. The van der Waals surface area contributed by atoms with Crippen LogP contribution in [0.25, 0.3) is 0 Å². The Kier molecular flexibility index (Phi) is 8.05. The molecule has 9 nitrogen and oxygen atoms in total. The van der Waals surface area contributed by atoms with E-state index in [0.717, 1.165) is 5.69 Å². The van der Waals surface area contributed by atoms with E-state index >= 15 is 0 Å². The predicted molar refractivity (Wildman–Crippen MR) is 132 cm³/mol. The van der Waals surface area contributed by atoms with Crippen molar-refractivity contribution in [2.75, 3.05) is 31.6 Å². The lowest BCUT2D eigenvalue weighted by Crippen LogP contribution is -2.57. The highest BCUT2D eigenvalue weighted by atomic mass is 35.5. The van der Waals surface area contributed by atoms with Crippen LogP contribution < -0.4 is 10.1 Å². The van der Waals surface area contributed by atoms with Gasteiger partial charge in [-0.25, -0.2) is 4.79 Å². The van der Waals surface area contributed by atoms with Gasteiger partial charge in [-0.2, -0.15) is 13.9 Å². The van der Waals surface area contributed by atoms with Gasteiger partial charge in [0, 0.05) is 49.2 Å². The summed E-state index contributed by atoms with van der Waals surface area (Å²) >= 11 is 5.96. The molecule has 0 radical (unpaired) electrons. The van der Waals surface area contributed by atoms with Gasteiger partial charge in [-0.05, 0) is 49.8 Å². The fourth-order valence-electron chi connectivity index (χ4n) is 5.18. The number of nitrogens with zero attached hydrogens (tertiary/aromatic N) is 3. The van der Waals surface area contributed by atoms with Crippen molar-refractivity contribution in [1.82, 2.24) is 14.7 Å². The van der Waals surface area contributed by atoms with E-state index in [0.29, 0.717) is 45.4 Å². The molecular weight excluding hydrogens is 510 g/mol. The molecule has 37 heavy (non-hydrogen) atoms. The molecule has 12 heteroatoms. The van der Waals surface area contributed by atoms with Crippen LogP contribution in [0.2, 0.25) is 5.02 Å². The Bertz CT molecular complexity index is 1130. The van der Waals surface area contributed by atoms with Gasteiger partial charge in [0.25, 0.3) is 5.91 Å². The average molecular weight is 541 g/mol. The Balaban J connectivity index is 1.62. The highest BCUT2D eigenvalue weighted by Crippen LogP contribution is 2.38. The maximum Gasteiger partial charge on any atom is 0.387 e. The molecule has 0 spiro atoms. The van der Waals surface area contributed by atoms with Crippen LogP contribution in [0.3, 0.4) is 0 Å². The SMILES string of the molecule is CC(C)c1ccnn1C1(C(=O)Nc2ccc(Cl)cc2OC(F)F)CCN(CC2(C(=O)O)CCCO2)CC1. The number of alkyl halides is 2. The smallest absolute Gasteiger partial charge is 0.387 e. The number of carboxylic acid groups (broad SMARTS) is 1. The van der Waals surface area contributed by atoms with Gasteiger partial charge in [-0.15, -0.1) is 0 Å². The van der Waals surface area contributed by atoms with Crippen molar-refractivity contribution < 1.29 is 33.0 Å². The largest absolute Gasteiger partial charge is 0.479 e. The Morgan fingerprint density at radius 2 is 1.97 bits per heavy atom. The molecule has 2 saturated heterocycles. The fourth-order valence-corrected chi connectivity index (χ4v) is 5.34. The molecule has 3 heterocycles. The number of carbonyl (C=O) groups excluding carboxylic acids is 1. The first-order valence-electron chi connectivity index (χ1n) is 12.3. The van der Waals surface area contributed by atoms with Gasteiger partial charge in [0.1, 0.15) is 5.54 Å². The minimum atomic E-state index is -3.09. The molecule has 2 aliphatic rings. The molecule has 2 N–H and O–H groups in total. The summed E-state index contributed by atoms with van der Waals surface area (Å²) in [7, 11) is 0. The molecule has 0 saturated carbocycles. The third kappa shape index (κ3) is 5.58. The summed E-state index contributed by atoms with van der Waals surface area (Å²) in [6, 6.07) is 5.97. The summed E-state index contributed by atoms with van der Waals surface area (Å²) in [5.74, 6) is -1.58. The molecule has 1 atom stereocenters. The van der Waals surface area contributed by atoms with Crippen LogP contribution in [-0.4, -0.2) is 70.1 Å². The minimum Gasteiger partial charge on any atom is -0.479 e. The third-order valence-corrected chi connectivity index (χ3v) is 7.39. The first-order chi connectivity index (χ1) is 17.6. The number of benzene rings is 1. The summed E-state index contributed by atoms with van der Waals surface area (Å²) in [6.45, 7) is 2.37. The molecular formula is C25H31ClF2N4O5. The number of aliphatic carboxylic acids is 1. The maximum absolute atomic E-state index is 13.9. The number of likely N-dealkylation sites (tertiary alicyclic amines) is 1. The zero-order valence-corrected chi connectivity index (χ0v) is 21.5. The fraction of sp³-hybridized carbons (Fsp3) is 0.560. The second-order valence-electron chi connectivity index (χ2n) is 9.85. The lowest BCUT2D eigenvalue weighted by molar-refractivity contribution is -0.163. The van der Waals surface area contributed by atoms with Crippen molar-refractivity contribution >= 4 is 29.2 Å². The lowest BCUT2D eigenvalue weighted by Gasteiger charge is -2.43. The molecule has 4 rings (SSSR count). The Morgan fingerprint density at radius 3 is 2.57 bits per heavy atom. The number of nitrogens with one attached hydrogen (secondary N) is 1. The number of aromatic nitrogens is 2. The van der Waals surface area contributed by atoms with E-state index in [4.69, 9.17) is 16.3 Å². The van der Waals surface area contributed by atoms with E-state index in [2.05, 4.69) is 15.2 Å². The van der Waals surface area contributed by atoms with Gasteiger partial charge in [0.2, 0.25) is 0 Å². The van der Waals surface area contributed by atoms with Gasteiger partial charge in [0.05, 0.1) is 5.69 Å². The molecule has 2 aromatic rings. The van der Waals surface area contributed by atoms with Gasteiger partial charge in [-0.1, -0.05) is 25.4 Å². The van der Waals surface area contributed by atoms with Crippen molar-refractivity contribution in [2.24, 2.45) is 0 Å². The first kappa shape index (κ1) is 27.3. The first-order valence-corrected chi connectivity index (χ1v) is 12.6. The van der Waals surface area contributed by atoms with Crippen LogP contribution in [0, 0.1) is 0 Å². The van der Waals surface area contributed by atoms with Crippen molar-refractivity contribution in [3.63, 3.8) is 0 Å². The van der Waals surface area contributed by atoms with Gasteiger partial charge < -0.3 is 19.9 Å². The molecule has 1 aromatic carbocycles. The van der Waals surface area contributed by atoms with Crippen molar-refractivity contribution in [3.05, 3.63) is 41.2 Å². The van der Waals surface area contributed by atoms with E-state index in [-0.39, 0.29) is 28.9 Å². The molecule has 2 fully saturated rings. The summed E-state index contributed by atoms with van der Waals surface area (Å²) in [5.41, 5.74) is -1.46. The van der Waals surface area contributed by atoms with Crippen molar-refractivity contribution in [3.8, 4) is 5.75 Å². The average Bonchev–Trinajstić information content (AvgIpc) is 3.52. The number of carboxylic acids is 1. The highest BCUT2D eigenvalue weighted by Gasteiger charge is 2.49. The zero-order chi connectivity index (χ0) is 26.8. The quantitative estimate of drug-likeness (QED) is 0.488. The number of ether oxygens (including phenoxy) is 2. The van der Waals surface area contributed by atoms with Crippen LogP contribution in [0.5, 0.6) is 5.75 Å². The van der Waals surface area contributed by atoms with Crippen LogP contribution in [-0.2, 0) is 19.9 Å². The van der Waals surface area contributed by atoms with E-state index in [1.54, 1.807) is 10.9 Å². The van der Waals surface area contributed by atoms with E-state index in [9.17, 15) is 23.5 Å². The molecule has 1 aromatic heterocycles. The maximum atomic E-state index is 13.9. The molecule has 0 aliphatic carbocycles. The van der Waals surface area contributed by atoms with Crippen LogP contribution in [0.15, 0.2) is 30.5 Å².